The Bertz CT molecular complexity index is 3090. The number of urea groups is 1. The molecule has 0 radical (unpaired) electrons. The van der Waals surface area contributed by atoms with Crippen LogP contribution in [0.5, 0.6) is 0 Å². The van der Waals surface area contributed by atoms with Gasteiger partial charge in [-0.15, -0.1) is 0 Å². The van der Waals surface area contributed by atoms with E-state index in [9.17, 15) is 27.6 Å². The molecule has 9 rings (SSSR count). The van der Waals surface area contributed by atoms with E-state index in [4.69, 9.17) is 36.9 Å². The monoisotopic (exact) mass is 977 g/mol. The second-order valence-electron chi connectivity index (χ2n) is 19.1. The number of alkyl halides is 3. The highest BCUT2D eigenvalue weighted by Crippen LogP contribution is 2.37. The molecule has 8 N–H and O–H groups in total. The Morgan fingerprint density at radius 2 is 1.07 bits per heavy atom. The van der Waals surface area contributed by atoms with Crippen molar-refractivity contribution >= 4 is 69.0 Å². The number of nitrogens with zero attached hydrogens (tertiary/aromatic N) is 10. The number of amides is 4. The highest BCUT2D eigenvalue weighted by Gasteiger charge is 2.35. The van der Waals surface area contributed by atoms with Crippen LogP contribution < -0.4 is 27.8 Å². The molecule has 3 aromatic carbocycles. The summed E-state index contributed by atoms with van der Waals surface area (Å²) in [6.45, 7) is 13.0. The van der Waals surface area contributed by atoms with Crippen molar-refractivity contribution in [3.63, 3.8) is 0 Å². The Kier molecular flexibility index (Phi) is 13.4. The molecular weight excluding hydrogens is 924 g/mol. The lowest BCUT2D eigenvalue weighted by molar-refractivity contribution is -0.137. The van der Waals surface area contributed by atoms with E-state index in [2.05, 4.69) is 30.6 Å². The largest absolute Gasteiger partial charge is 0.444 e. The summed E-state index contributed by atoms with van der Waals surface area (Å²) in [7, 11) is 0. The molecule has 6 heterocycles. The van der Waals surface area contributed by atoms with E-state index < -0.39 is 35.1 Å². The van der Waals surface area contributed by atoms with E-state index in [1.54, 1.807) is 38.7 Å². The van der Waals surface area contributed by atoms with E-state index >= 15 is 0 Å². The number of anilines is 5. The Morgan fingerprint density at radius 3 is 1.52 bits per heavy atom. The first-order valence-corrected chi connectivity index (χ1v) is 22.7. The van der Waals surface area contributed by atoms with Gasteiger partial charge in [-0.25, -0.2) is 43.7 Å². The molecule has 2 aliphatic rings. The van der Waals surface area contributed by atoms with Gasteiger partial charge in [-0.3, -0.25) is 0 Å². The lowest BCUT2D eigenvalue weighted by Gasteiger charge is -2.24. The summed E-state index contributed by atoms with van der Waals surface area (Å²) in [6, 6.07) is 17.6. The molecule has 2 fully saturated rings. The smallest absolute Gasteiger partial charge is 0.416 e. The number of benzene rings is 3. The summed E-state index contributed by atoms with van der Waals surface area (Å²) in [5.41, 5.74) is 21.2. The number of aromatic nitrogens is 8. The van der Waals surface area contributed by atoms with Crippen molar-refractivity contribution in [3.8, 4) is 22.5 Å². The SMILES string of the molecule is CC(C)(C)OC(=O)N1CC[C@H](n2nc(-c3ccc(N)cc3)c3c(N)ncnc32)C1.CC(C)(C)OC(=O)N1CC[C@H](n2nc(-c3ccc(NC(=O)Nc4cccc(C(F)(F)F)c4)cc3)c3c(N)ncnc32)C1. The van der Waals surface area contributed by atoms with Crippen molar-refractivity contribution in [2.45, 2.75) is 83.8 Å². The van der Waals surface area contributed by atoms with Crippen LogP contribution in [0.2, 0.25) is 0 Å². The van der Waals surface area contributed by atoms with Crippen LogP contribution in [0, 0.1) is 0 Å². The van der Waals surface area contributed by atoms with Crippen LogP contribution in [-0.4, -0.2) is 105 Å². The van der Waals surface area contributed by atoms with Gasteiger partial charge in [0.15, 0.2) is 11.3 Å². The molecule has 372 valence electrons. The van der Waals surface area contributed by atoms with Crippen molar-refractivity contribution < 1.29 is 37.0 Å². The molecule has 2 saturated heterocycles. The van der Waals surface area contributed by atoms with Gasteiger partial charge in [-0.05, 0) is 96.8 Å². The molecular formula is C48H54F3N15O5. The number of halogens is 3. The summed E-state index contributed by atoms with van der Waals surface area (Å²) < 4.78 is 53.5. The van der Waals surface area contributed by atoms with E-state index in [1.165, 1.54) is 24.8 Å². The van der Waals surface area contributed by atoms with Gasteiger partial charge in [0, 0.05) is 54.4 Å². The maximum atomic E-state index is 13.0. The Labute approximate surface area is 405 Å². The predicted molar refractivity (Wildman–Crippen MR) is 262 cm³/mol. The number of likely N-dealkylation sites (tertiary alicyclic amines) is 2. The second kappa shape index (κ2) is 19.3. The molecule has 2 aliphatic heterocycles. The molecule has 2 atom stereocenters. The van der Waals surface area contributed by atoms with Crippen molar-refractivity contribution in [2.24, 2.45) is 0 Å². The molecule has 0 saturated carbocycles. The van der Waals surface area contributed by atoms with E-state index in [1.807, 2.05) is 70.5 Å². The van der Waals surface area contributed by atoms with Gasteiger partial charge in [0.05, 0.1) is 28.4 Å². The minimum Gasteiger partial charge on any atom is -0.444 e. The molecule has 0 bridgehead atoms. The average molecular weight is 978 g/mol. The number of carbonyl (C=O) groups is 3. The molecule has 0 spiro atoms. The summed E-state index contributed by atoms with van der Waals surface area (Å²) in [6.07, 6.45) is -1.05. The van der Waals surface area contributed by atoms with Gasteiger partial charge in [0.25, 0.3) is 0 Å². The molecule has 23 heteroatoms. The highest BCUT2D eigenvalue weighted by atomic mass is 19.4. The van der Waals surface area contributed by atoms with Gasteiger partial charge in [-0.2, -0.15) is 23.4 Å². The Hall–Kier alpha value is -8.24. The van der Waals surface area contributed by atoms with Crippen LogP contribution in [0.25, 0.3) is 44.6 Å². The summed E-state index contributed by atoms with van der Waals surface area (Å²) in [5.74, 6) is 0.612. The van der Waals surface area contributed by atoms with Crippen molar-refractivity contribution in [3.05, 3.63) is 91.0 Å². The van der Waals surface area contributed by atoms with Crippen LogP contribution in [0.3, 0.4) is 0 Å². The fourth-order valence-corrected chi connectivity index (χ4v) is 8.19. The number of hydrogen-bond acceptors (Lipinski definition) is 14. The molecule has 20 nitrogen and oxygen atoms in total. The van der Waals surface area contributed by atoms with Gasteiger partial charge in [0.2, 0.25) is 0 Å². The third-order valence-electron chi connectivity index (χ3n) is 11.4. The Morgan fingerprint density at radius 1 is 0.620 bits per heavy atom. The Balaban J connectivity index is 0.000000204. The first-order valence-electron chi connectivity index (χ1n) is 22.7. The van der Waals surface area contributed by atoms with Crippen LogP contribution in [0.1, 0.15) is 72.0 Å². The first kappa shape index (κ1) is 49.2. The van der Waals surface area contributed by atoms with E-state index in [0.717, 1.165) is 24.1 Å². The minimum absolute atomic E-state index is 0.00331. The number of fused-ring (bicyclic) bond motifs is 2. The standard InChI is InChI=1S/C28H29F3N8O3.C20H25N7O2/c1-27(2,3)42-26(41)38-12-11-20(14-38)39-24-21(23(32)33-15-34-24)22(37-39)16-7-9-18(10-8-16)35-25(40)36-19-6-4-5-17(13-19)28(29,30)31;1-20(2,3)29-19(28)26-9-8-14(10-26)27-18-15(17(22)23-11-24-18)16(25-27)12-4-6-13(21)7-5-12/h4-10,13,15,20H,11-12,14H2,1-3H3,(H2,32,33,34)(H2,35,36,40);4-7,11,14H,8-10,21H2,1-3H3,(H2,22,23,24)/t20-;14-/m00/s1. The maximum Gasteiger partial charge on any atom is 0.416 e. The van der Waals surface area contributed by atoms with Gasteiger partial charge in [0.1, 0.15) is 46.9 Å². The number of carbonyl (C=O) groups excluding carboxylic acids is 3. The van der Waals surface area contributed by atoms with Gasteiger partial charge >= 0.3 is 24.4 Å². The first-order chi connectivity index (χ1) is 33.5. The predicted octanol–water partition coefficient (Wildman–Crippen LogP) is 8.76. The van der Waals surface area contributed by atoms with E-state index in [0.29, 0.717) is 88.8 Å². The summed E-state index contributed by atoms with van der Waals surface area (Å²) in [5, 5.41) is 15.9. The molecule has 7 aromatic rings. The van der Waals surface area contributed by atoms with Crippen molar-refractivity contribution in [1.82, 2.24) is 49.3 Å². The van der Waals surface area contributed by atoms with Crippen molar-refractivity contribution in [1.29, 1.82) is 0 Å². The zero-order valence-electron chi connectivity index (χ0n) is 39.9. The number of rotatable bonds is 6. The fourth-order valence-electron chi connectivity index (χ4n) is 8.19. The lowest BCUT2D eigenvalue weighted by Crippen LogP contribution is -2.35. The van der Waals surface area contributed by atoms with Crippen LogP contribution in [-0.2, 0) is 15.7 Å². The quantitative estimate of drug-likeness (QED) is 0.0976. The third kappa shape index (κ3) is 11.3. The topological polar surface area (TPSA) is 265 Å². The molecule has 4 aromatic heterocycles. The summed E-state index contributed by atoms with van der Waals surface area (Å²) >= 11 is 0. The normalized spacial score (nSPS) is 16.2. The van der Waals surface area contributed by atoms with Crippen molar-refractivity contribution in [2.75, 3.05) is 54.0 Å². The number of nitrogens with one attached hydrogen (secondary N) is 2. The minimum atomic E-state index is -4.52. The fraction of sp³-hybridized carbons (Fsp3) is 0.354. The molecule has 0 unspecified atom stereocenters. The zero-order chi connectivity index (χ0) is 51.0. The van der Waals surface area contributed by atoms with Crippen LogP contribution >= 0.6 is 0 Å². The average Bonchev–Trinajstić information content (AvgIpc) is 4.12. The zero-order valence-corrected chi connectivity index (χ0v) is 39.9. The highest BCUT2D eigenvalue weighted by molar-refractivity contribution is 6.01. The van der Waals surface area contributed by atoms with Crippen LogP contribution in [0.15, 0.2) is 85.5 Å². The number of hydrogen-bond donors (Lipinski definition) is 5. The molecule has 0 aliphatic carbocycles. The second-order valence-corrected chi connectivity index (χ2v) is 19.1. The van der Waals surface area contributed by atoms with Gasteiger partial charge < -0.3 is 47.1 Å². The molecule has 4 amide bonds. The maximum absolute atomic E-state index is 13.0. The molecule has 71 heavy (non-hydrogen) atoms. The lowest BCUT2D eigenvalue weighted by atomic mass is 10.1. The van der Waals surface area contributed by atoms with Crippen LogP contribution in [0.4, 0.5) is 56.3 Å². The third-order valence-corrected chi connectivity index (χ3v) is 11.4. The van der Waals surface area contributed by atoms with E-state index in [-0.39, 0.29) is 29.7 Å². The summed E-state index contributed by atoms with van der Waals surface area (Å²) in [4.78, 5) is 57.9. The van der Waals surface area contributed by atoms with Gasteiger partial charge in [-0.1, -0.05) is 30.3 Å². The number of nitrogens with two attached hydrogens (primary N) is 3. The number of ether oxygens (including phenoxy) is 2. The number of nitrogen functional groups attached to an aromatic ring is 3.